The van der Waals surface area contributed by atoms with E-state index in [0.717, 1.165) is 0 Å². The van der Waals surface area contributed by atoms with Gasteiger partial charge in [-0.3, -0.25) is 0 Å². The van der Waals surface area contributed by atoms with E-state index in [-0.39, 0.29) is 6.10 Å². The van der Waals surface area contributed by atoms with E-state index in [1.807, 2.05) is 13.8 Å². The number of ether oxygens (including phenoxy) is 1. The molecular weight excluding hydrogens is 352 g/mol. The summed E-state index contributed by atoms with van der Waals surface area (Å²) in [4.78, 5) is 16.7. The number of nitrogens with zero attached hydrogens (tertiary/aromatic N) is 3. The van der Waals surface area contributed by atoms with Gasteiger partial charge in [0, 0.05) is 5.70 Å². The second-order valence-corrected chi connectivity index (χ2v) is 5.97. The molecule has 22 heavy (non-hydrogen) atoms. The van der Waals surface area contributed by atoms with Crippen LogP contribution in [0.1, 0.15) is 32.6 Å². The minimum Gasteiger partial charge on any atom is -0.459 e. The standard InChI is InChI=1S/C14H15BrN4O3/c1-7(2)21-13(20)11-8(3)18-14-16-6-17-19(14)12(11)9-4-5-10(15)22-9/h4-7,12H,1-3H3,(H,16,17,18). The van der Waals surface area contributed by atoms with Gasteiger partial charge in [-0.05, 0) is 48.8 Å². The molecule has 2 aromatic rings. The van der Waals surface area contributed by atoms with Crippen molar-refractivity contribution >= 4 is 27.8 Å². The summed E-state index contributed by atoms with van der Waals surface area (Å²) < 4.78 is 13.2. The Kier molecular flexibility index (Phi) is 3.78. The molecule has 1 atom stereocenters. The zero-order chi connectivity index (χ0) is 15.9. The van der Waals surface area contributed by atoms with Gasteiger partial charge in [0.15, 0.2) is 4.67 Å². The SMILES string of the molecule is CC1=C(C(=O)OC(C)C)C(c2ccc(Br)o2)n2ncnc2N1. The van der Waals surface area contributed by atoms with E-state index < -0.39 is 12.0 Å². The summed E-state index contributed by atoms with van der Waals surface area (Å²) in [5.41, 5.74) is 1.12. The zero-order valence-electron chi connectivity index (χ0n) is 12.3. The van der Waals surface area contributed by atoms with Gasteiger partial charge in [0.25, 0.3) is 0 Å². The van der Waals surface area contributed by atoms with Gasteiger partial charge in [-0.25, -0.2) is 9.48 Å². The maximum atomic E-state index is 12.5. The van der Waals surface area contributed by atoms with E-state index in [9.17, 15) is 4.79 Å². The lowest BCUT2D eigenvalue weighted by atomic mass is 10.0. The fraction of sp³-hybridized carbons (Fsp3) is 0.357. The molecule has 0 aliphatic carbocycles. The molecule has 0 fully saturated rings. The molecule has 7 nitrogen and oxygen atoms in total. The maximum absolute atomic E-state index is 12.5. The number of fused-ring (bicyclic) bond motifs is 1. The average molecular weight is 367 g/mol. The van der Waals surface area contributed by atoms with Gasteiger partial charge in [0.1, 0.15) is 18.1 Å². The highest BCUT2D eigenvalue weighted by molar-refractivity contribution is 9.10. The van der Waals surface area contributed by atoms with Gasteiger partial charge >= 0.3 is 5.97 Å². The summed E-state index contributed by atoms with van der Waals surface area (Å²) in [6.07, 6.45) is 1.21. The summed E-state index contributed by atoms with van der Waals surface area (Å²) in [7, 11) is 0. The number of hydrogen-bond donors (Lipinski definition) is 1. The van der Waals surface area contributed by atoms with E-state index >= 15 is 0 Å². The maximum Gasteiger partial charge on any atom is 0.338 e. The van der Waals surface area contributed by atoms with E-state index in [1.54, 1.807) is 23.7 Å². The topological polar surface area (TPSA) is 82.2 Å². The molecule has 1 unspecified atom stereocenters. The van der Waals surface area contributed by atoms with Crippen molar-refractivity contribution < 1.29 is 13.9 Å². The number of aromatic nitrogens is 3. The lowest BCUT2D eigenvalue weighted by molar-refractivity contribution is -0.143. The van der Waals surface area contributed by atoms with E-state index in [2.05, 4.69) is 31.3 Å². The summed E-state index contributed by atoms with van der Waals surface area (Å²) >= 11 is 3.28. The molecule has 8 heteroatoms. The van der Waals surface area contributed by atoms with Crippen LogP contribution in [0.2, 0.25) is 0 Å². The zero-order valence-corrected chi connectivity index (χ0v) is 13.9. The number of carbonyl (C=O) groups is 1. The average Bonchev–Trinajstić information content (AvgIpc) is 3.04. The molecule has 116 valence electrons. The number of carbonyl (C=O) groups excluding carboxylic acids is 1. The van der Waals surface area contributed by atoms with Crippen molar-refractivity contribution in [3.05, 3.63) is 40.2 Å². The van der Waals surface area contributed by atoms with Gasteiger partial charge in [0.2, 0.25) is 5.95 Å². The second kappa shape index (κ2) is 5.60. The molecule has 1 N–H and O–H groups in total. The molecule has 0 saturated heterocycles. The van der Waals surface area contributed by atoms with E-state index in [0.29, 0.717) is 27.6 Å². The second-order valence-electron chi connectivity index (χ2n) is 5.19. The van der Waals surface area contributed by atoms with Gasteiger partial charge in [-0.1, -0.05) is 0 Å². The number of rotatable bonds is 3. The first-order valence-electron chi connectivity index (χ1n) is 6.81. The Balaban J connectivity index is 2.10. The van der Waals surface area contributed by atoms with Crippen molar-refractivity contribution in [1.82, 2.24) is 14.8 Å². The normalized spacial score (nSPS) is 17.4. The fourth-order valence-electron chi connectivity index (χ4n) is 2.37. The van der Waals surface area contributed by atoms with E-state index in [4.69, 9.17) is 9.15 Å². The largest absolute Gasteiger partial charge is 0.459 e. The third-order valence-electron chi connectivity index (χ3n) is 3.22. The minimum atomic E-state index is -0.517. The van der Waals surface area contributed by atoms with Crippen LogP contribution in [0.3, 0.4) is 0 Å². The van der Waals surface area contributed by atoms with Crippen molar-refractivity contribution in [3.8, 4) is 0 Å². The van der Waals surface area contributed by atoms with Crippen LogP contribution in [0.4, 0.5) is 5.95 Å². The number of halogens is 1. The third-order valence-corrected chi connectivity index (χ3v) is 3.65. The lowest BCUT2D eigenvalue weighted by Gasteiger charge is -2.27. The van der Waals surface area contributed by atoms with Crippen LogP contribution >= 0.6 is 15.9 Å². The number of anilines is 1. The van der Waals surface area contributed by atoms with Crippen LogP contribution in [0.15, 0.2) is 38.8 Å². The minimum absolute atomic E-state index is 0.214. The molecular formula is C14H15BrN4O3. The Morgan fingerprint density at radius 2 is 2.27 bits per heavy atom. The van der Waals surface area contributed by atoms with Gasteiger partial charge < -0.3 is 14.5 Å². The highest BCUT2D eigenvalue weighted by Gasteiger charge is 2.36. The van der Waals surface area contributed by atoms with Crippen LogP contribution in [0.25, 0.3) is 0 Å². The van der Waals surface area contributed by atoms with Crippen LogP contribution < -0.4 is 5.32 Å². The summed E-state index contributed by atoms with van der Waals surface area (Å²) in [6, 6.07) is 3.05. The van der Waals surface area contributed by atoms with E-state index in [1.165, 1.54) is 6.33 Å². The molecule has 3 rings (SSSR count). The van der Waals surface area contributed by atoms with Gasteiger partial charge in [0.05, 0.1) is 11.7 Å². The molecule has 3 heterocycles. The highest BCUT2D eigenvalue weighted by atomic mass is 79.9. The number of allylic oxidation sites excluding steroid dienone is 1. The van der Waals surface area contributed by atoms with Gasteiger partial charge in [-0.15, -0.1) is 0 Å². The smallest absolute Gasteiger partial charge is 0.338 e. The molecule has 0 saturated carbocycles. The number of nitrogens with one attached hydrogen (secondary N) is 1. The Morgan fingerprint density at radius 1 is 1.50 bits per heavy atom. The van der Waals surface area contributed by atoms with Crippen molar-refractivity contribution in [2.24, 2.45) is 0 Å². The predicted octanol–water partition coefficient (Wildman–Crippen LogP) is 2.87. The monoisotopic (exact) mass is 366 g/mol. The molecule has 2 aromatic heterocycles. The predicted molar refractivity (Wildman–Crippen MR) is 82.1 cm³/mol. The van der Waals surface area contributed by atoms with Crippen LogP contribution in [-0.2, 0) is 9.53 Å². The van der Waals surface area contributed by atoms with Crippen LogP contribution in [0, 0.1) is 0 Å². The molecule has 0 amide bonds. The first kappa shape index (κ1) is 14.8. The quantitative estimate of drug-likeness (QED) is 0.841. The van der Waals surface area contributed by atoms with Crippen LogP contribution in [0.5, 0.6) is 0 Å². The highest BCUT2D eigenvalue weighted by Crippen LogP contribution is 2.36. The Bertz CT molecular complexity index is 747. The van der Waals surface area contributed by atoms with Crippen molar-refractivity contribution in [2.45, 2.75) is 32.9 Å². The molecule has 0 bridgehead atoms. The number of esters is 1. The van der Waals surface area contributed by atoms with Gasteiger partial charge in [-0.2, -0.15) is 10.1 Å². The number of furan rings is 1. The molecule has 1 aliphatic heterocycles. The Hall–Kier alpha value is -2.09. The fourth-order valence-corrected chi connectivity index (χ4v) is 2.69. The number of hydrogen-bond acceptors (Lipinski definition) is 6. The van der Waals surface area contributed by atoms with Crippen molar-refractivity contribution in [2.75, 3.05) is 5.32 Å². The summed E-state index contributed by atoms with van der Waals surface area (Å²) in [6.45, 7) is 5.42. The van der Waals surface area contributed by atoms with Crippen molar-refractivity contribution in [1.29, 1.82) is 0 Å². The van der Waals surface area contributed by atoms with Crippen molar-refractivity contribution in [3.63, 3.8) is 0 Å². The van der Waals surface area contributed by atoms with Crippen LogP contribution in [-0.4, -0.2) is 26.8 Å². The molecule has 0 aromatic carbocycles. The summed E-state index contributed by atoms with van der Waals surface area (Å²) in [5.74, 6) is 0.727. The molecule has 0 spiro atoms. The Morgan fingerprint density at radius 3 is 2.91 bits per heavy atom. The lowest BCUT2D eigenvalue weighted by Crippen LogP contribution is -2.30. The molecule has 0 radical (unpaired) electrons. The third kappa shape index (κ3) is 2.54. The first-order valence-corrected chi connectivity index (χ1v) is 7.60. The molecule has 1 aliphatic rings. The first-order chi connectivity index (χ1) is 10.5. The Labute approximate surface area is 135 Å². The summed E-state index contributed by atoms with van der Waals surface area (Å²) in [5, 5.41) is 7.26.